The summed E-state index contributed by atoms with van der Waals surface area (Å²) in [5.41, 5.74) is 5.98. The van der Waals surface area contributed by atoms with Crippen LogP contribution in [0, 0.1) is 0 Å². The van der Waals surface area contributed by atoms with Crippen LogP contribution in [0.5, 0.6) is 0 Å². The third kappa shape index (κ3) is 6.03. The van der Waals surface area contributed by atoms with Crippen LogP contribution in [0.3, 0.4) is 0 Å². The number of anilines is 1. The second-order valence-corrected chi connectivity index (χ2v) is 8.12. The van der Waals surface area contributed by atoms with Crippen LogP contribution in [-0.4, -0.2) is 27.0 Å². The Hall–Kier alpha value is -0.240. The van der Waals surface area contributed by atoms with Gasteiger partial charge < -0.3 is 5.73 Å². The van der Waals surface area contributed by atoms with Gasteiger partial charge in [0.25, 0.3) is 0 Å². The van der Waals surface area contributed by atoms with Crippen LogP contribution in [0.4, 0.5) is 5.69 Å². The Morgan fingerprint density at radius 2 is 1.95 bits per heavy atom. The van der Waals surface area contributed by atoms with Crippen molar-refractivity contribution in [1.82, 2.24) is 4.72 Å². The first-order valence-electron chi connectivity index (χ1n) is 6.51. The van der Waals surface area contributed by atoms with Crippen LogP contribution in [-0.2, 0) is 10.0 Å². The molecule has 1 aromatic carbocycles. The first-order valence-corrected chi connectivity index (χ1v) is 10.2. The topological polar surface area (TPSA) is 72.2 Å². The zero-order chi connectivity index (χ0) is 15.0. The summed E-state index contributed by atoms with van der Waals surface area (Å²) in [5.74, 6) is 1.17. The molecule has 0 aromatic heterocycles. The molecule has 0 aliphatic heterocycles. The summed E-state index contributed by atoms with van der Waals surface area (Å²) >= 11 is 5.10. The molecule has 0 heterocycles. The number of hydrogen-bond donors (Lipinski definition) is 2. The Kier molecular flexibility index (Phi) is 7.94. The molecule has 114 valence electrons. The smallest absolute Gasteiger partial charge is 0.242 e. The number of halogens is 1. The molecule has 0 saturated heterocycles. The number of nitrogen functional groups attached to an aromatic ring is 1. The molecule has 0 bridgehead atoms. The Balaban J connectivity index is 2.44. The number of hydrogen-bond acceptors (Lipinski definition) is 4. The molecular formula is C13H21BrN2O2S2. The fourth-order valence-electron chi connectivity index (χ4n) is 1.75. The van der Waals surface area contributed by atoms with Crippen molar-refractivity contribution in [3.63, 3.8) is 0 Å². The van der Waals surface area contributed by atoms with E-state index >= 15 is 0 Å². The first-order chi connectivity index (χ1) is 9.47. The average molecular weight is 381 g/mol. The average Bonchev–Trinajstić information content (AvgIpc) is 2.40. The molecule has 0 saturated carbocycles. The van der Waals surface area contributed by atoms with Crippen molar-refractivity contribution in [2.24, 2.45) is 0 Å². The second-order valence-electron chi connectivity index (χ2n) is 4.49. The fraction of sp³-hybridized carbons (Fsp3) is 0.538. The van der Waals surface area contributed by atoms with Gasteiger partial charge in [-0.25, -0.2) is 13.1 Å². The molecule has 1 rings (SSSR count). The monoisotopic (exact) mass is 380 g/mol. The van der Waals surface area contributed by atoms with Crippen LogP contribution >= 0.6 is 27.7 Å². The summed E-state index contributed by atoms with van der Waals surface area (Å²) in [5, 5.41) is 0. The van der Waals surface area contributed by atoms with E-state index in [1.54, 1.807) is 12.1 Å². The molecule has 0 aliphatic rings. The van der Waals surface area contributed by atoms with Crippen LogP contribution in [0.1, 0.15) is 25.7 Å². The molecule has 0 amide bonds. The van der Waals surface area contributed by atoms with Crippen LogP contribution < -0.4 is 10.5 Å². The minimum atomic E-state index is -3.52. The Morgan fingerprint density at radius 3 is 2.65 bits per heavy atom. The lowest BCUT2D eigenvalue weighted by Crippen LogP contribution is -2.25. The third-order valence-corrected chi connectivity index (χ3v) is 5.54. The van der Waals surface area contributed by atoms with Crippen molar-refractivity contribution < 1.29 is 8.42 Å². The molecule has 0 radical (unpaired) electrons. The lowest BCUT2D eigenvalue weighted by Gasteiger charge is -2.09. The molecule has 0 atom stereocenters. The van der Waals surface area contributed by atoms with Gasteiger partial charge in [0.1, 0.15) is 4.90 Å². The van der Waals surface area contributed by atoms with Crippen LogP contribution in [0.25, 0.3) is 0 Å². The highest BCUT2D eigenvalue weighted by molar-refractivity contribution is 9.10. The number of rotatable bonds is 9. The number of benzene rings is 1. The van der Waals surface area contributed by atoms with E-state index in [0.29, 0.717) is 11.0 Å². The van der Waals surface area contributed by atoms with Gasteiger partial charge in [0.05, 0.1) is 5.69 Å². The summed E-state index contributed by atoms with van der Waals surface area (Å²) < 4.78 is 27.5. The van der Waals surface area contributed by atoms with Crippen LogP contribution in [0.2, 0.25) is 0 Å². The van der Waals surface area contributed by atoms with E-state index in [1.165, 1.54) is 18.2 Å². The molecule has 0 unspecified atom stereocenters. The molecule has 0 aliphatic carbocycles. The van der Waals surface area contributed by atoms with Gasteiger partial charge in [-0.05, 0) is 43.0 Å². The summed E-state index contributed by atoms with van der Waals surface area (Å²) in [7, 11) is -3.52. The predicted octanol–water partition coefficient (Wildman–Crippen LogP) is 3.23. The van der Waals surface area contributed by atoms with Gasteiger partial charge in [0.15, 0.2) is 0 Å². The first kappa shape index (κ1) is 17.8. The SMILES string of the molecule is CSCCCCCCNS(=O)(=O)c1cc(Br)ccc1N. The van der Waals surface area contributed by atoms with Gasteiger partial charge in [-0.1, -0.05) is 28.8 Å². The highest BCUT2D eigenvalue weighted by Crippen LogP contribution is 2.22. The number of nitrogens with one attached hydrogen (secondary N) is 1. The van der Waals surface area contributed by atoms with Gasteiger partial charge in [0, 0.05) is 11.0 Å². The highest BCUT2D eigenvalue weighted by Gasteiger charge is 2.16. The normalized spacial score (nSPS) is 11.7. The van der Waals surface area contributed by atoms with Gasteiger partial charge in [-0.15, -0.1) is 0 Å². The van der Waals surface area contributed by atoms with E-state index in [2.05, 4.69) is 26.9 Å². The molecule has 7 heteroatoms. The number of thioether (sulfide) groups is 1. The van der Waals surface area contributed by atoms with Crippen molar-refractivity contribution in [2.75, 3.05) is 24.3 Å². The summed E-state index contributed by atoms with van der Waals surface area (Å²) in [6.07, 6.45) is 6.31. The Labute approximate surface area is 134 Å². The predicted molar refractivity (Wildman–Crippen MR) is 90.6 cm³/mol. The maximum atomic E-state index is 12.1. The minimum Gasteiger partial charge on any atom is -0.398 e. The van der Waals surface area contributed by atoms with Gasteiger partial charge in [-0.3, -0.25) is 0 Å². The number of unbranched alkanes of at least 4 members (excludes halogenated alkanes) is 3. The quantitative estimate of drug-likeness (QED) is 0.509. The molecule has 4 nitrogen and oxygen atoms in total. The van der Waals surface area contributed by atoms with Crippen molar-refractivity contribution >= 4 is 43.4 Å². The lowest BCUT2D eigenvalue weighted by molar-refractivity contribution is 0.574. The molecule has 3 N–H and O–H groups in total. The summed E-state index contributed by atoms with van der Waals surface area (Å²) in [6.45, 7) is 0.452. The van der Waals surface area contributed by atoms with Crippen molar-refractivity contribution in [3.8, 4) is 0 Å². The van der Waals surface area contributed by atoms with Crippen molar-refractivity contribution in [1.29, 1.82) is 0 Å². The van der Waals surface area contributed by atoms with E-state index in [-0.39, 0.29) is 10.6 Å². The lowest BCUT2D eigenvalue weighted by atomic mass is 10.2. The van der Waals surface area contributed by atoms with Crippen molar-refractivity contribution in [2.45, 2.75) is 30.6 Å². The summed E-state index contributed by atoms with van der Waals surface area (Å²) in [4.78, 5) is 0.134. The Bertz CT molecular complexity index is 521. The van der Waals surface area contributed by atoms with Crippen molar-refractivity contribution in [3.05, 3.63) is 22.7 Å². The van der Waals surface area contributed by atoms with E-state index in [9.17, 15) is 8.42 Å². The van der Waals surface area contributed by atoms with Gasteiger partial charge in [-0.2, -0.15) is 11.8 Å². The van der Waals surface area contributed by atoms with Crippen LogP contribution in [0.15, 0.2) is 27.6 Å². The molecule has 20 heavy (non-hydrogen) atoms. The standard InChI is InChI=1S/C13H21BrN2O2S2/c1-19-9-5-3-2-4-8-16-20(17,18)13-10-11(14)6-7-12(13)15/h6-7,10,16H,2-5,8-9,15H2,1H3. The Morgan fingerprint density at radius 1 is 1.25 bits per heavy atom. The minimum absolute atomic E-state index is 0.134. The van der Waals surface area contributed by atoms with E-state index in [0.717, 1.165) is 19.3 Å². The molecule has 1 aromatic rings. The van der Waals surface area contributed by atoms with E-state index < -0.39 is 10.0 Å². The maximum Gasteiger partial charge on any atom is 0.242 e. The highest BCUT2D eigenvalue weighted by atomic mass is 79.9. The zero-order valence-corrected chi connectivity index (χ0v) is 14.8. The number of nitrogens with two attached hydrogens (primary N) is 1. The number of sulfonamides is 1. The van der Waals surface area contributed by atoms with Gasteiger partial charge >= 0.3 is 0 Å². The summed E-state index contributed by atoms with van der Waals surface area (Å²) in [6, 6.07) is 4.83. The van der Waals surface area contributed by atoms with Gasteiger partial charge in [0.2, 0.25) is 10.0 Å². The van der Waals surface area contributed by atoms with E-state index in [1.807, 2.05) is 11.8 Å². The fourth-order valence-corrected chi connectivity index (χ4v) is 3.98. The molecular weight excluding hydrogens is 360 g/mol. The largest absolute Gasteiger partial charge is 0.398 e. The van der Waals surface area contributed by atoms with E-state index in [4.69, 9.17) is 5.73 Å². The third-order valence-electron chi connectivity index (χ3n) is 2.83. The molecule has 0 spiro atoms. The second kappa shape index (κ2) is 8.92. The zero-order valence-electron chi connectivity index (χ0n) is 11.6. The molecule has 0 fully saturated rings. The maximum absolute atomic E-state index is 12.1.